The van der Waals surface area contributed by atoms with Crippen LogP contribution in [0.25, 0.3) is 0 Å². The van der Waals surface area contributed by atoms with Crippen molar-refractivity contribution in [2.75, 3.05) is 7.05 Å². The molecule has 0 saturated heterocycles. The van der Waals surface area contributed by atoms with Gasteiger partial charge in [0.2, 0.25) is 0 Å². The Kier molecular flexibility index (Phi) is 3.77. The van der Waals surface area contributed by atoms with Gasteiger partial charge in [-0.25, -0.2) is 0 Å². The Balaban J connectivity index is 1.97. The summed E-state index contributed by atoms with van der Waals surface area (Å²) >= 11 is 8.18. The Morgan fingerprint density at radius 1 is 1.38 bits per heavy atom. The zero-order chi connectivity index (χ0) is 15.3. The molecule has 2 fully saturated rings. The molecule has 0 aromatic heterocycles. The summed E-state index contributed by atoms with van der Waals surface area (Å²) in [7, 11) is 2.07. The maximum Gasteiger partial charge on any atom is 0.0672 e. The minimum Gasteiger partial charge on any atom is -0.343 e. The van der Waals surface area contributed by atoms with Crippen LogP contribution in [0.3, 0.4) is 0 Å². The largest absolute Gasteiger partial charge is 0.343 e. The van der Waals surface area contributed by atoms with Crippen LogP contribution in [0.2, 0.25) is 0 Å². The van der Waals surface area contributed by atoms with E-state index in [0.29, 0.717) is 5.41 Å². The number of hydrogen-bond donors (Lipinski definition) is 1. The van der Waals surface area contributed by atoms with Gasteiger partial charge < -0.3 is 4.90 Å². The van der Waals surface area contributed by atoms with E-state index in [4.69, 9.17) is 0 Å². The van der Waals surface area contributed by atoms with E-state index in [2.05, 4.69) is 71.4 Å². The van der Waals surface area contributed by atoms with E-state index in [1.807, 2.05) is 13.0 Å². The molecule has 2 aliphatic rings. The van der Waals surface area contributed by atoms with Crippen LogP contribution >= 0.6 is 28.6 Å². The molecule has 3 heteroatoms. The van der Waals surface area contributed by atoms with Crippen molar-refractivity contribution in [3.63, 3.8) is 0 Å². The van der Waals surface area contributed by atoms with Gasteiger partial charge >= 0.3 is 0 Å². The van der Waals surface area contributed by atoms with E-state index in [1.54, 1.807) is 0 Å². The molecule has 0 amide bonds. The van der Waals surface area contributed by atoms with Crippen LogP contribution in [0, 0.1) is 5.41 Å². The number of halogens is 1. The summed E-state index contributed by atoms with van der Waals surface area (Å²) < 4.78 is 1.14. The summed E-state index contributed by atoms with van der Waals surface area (Å²) in [5, 5.41) is 0.964. The van der Waals surface area contributed by atoms with Crippen molar-refractivity contribution in [2.24, 2.45) is 5.41 Å². The average molecular weight is 364 g/mol. The third kappa shape index (κ3) is 2.49. The van der Waals surface area contributed by atoms with Crippen LogP contribution in [0.1, 0.15) is 38.2 Å². The lowest BCUT2D eigenvalue weighted by Gasteiger charge is -2.52. The molecule has 2 saturated carbocycles. The summed E-state index contributed by atoms with van der Waals surface area (Å²) in [5.74, 6) is 0. The Morgan fingerprint density at radius 2 is 2.05 bits per heavy atom. The van der Waals surface area contributed by atoms with Gasteiger partial charge in [-0.15, -0.1) is 12.6 Å². The molecule has 0 N–H and O–H groups in total. The second-order valence-corrected chi connectivity index (χ2v) is 7.97. The monoisotopic (exact) mass is 363 g/mol. The lowest BCUT2D eigenvalue weighted by molar-refractivity contribution is 0.131. The molecule has 1 nitrogen and oxygen atoms in total. The third-order valence-corrected chi connectivity index (χ3v) is 6.30. The highest BCUT2D eigenvalue weighted by atomic mass is 79.9. The van der Waals surface area contributed by atoms with Gasteiger partial charge in [0.15, 0.2) is 0 Å². The number of nitrogens with zero attached hydrogens (tertiary/aromatic N) is 1. The predicted octanol–water partition coefficient (Wildman–Crippen LogP) is 5.50. The van der Waals surface area contributed by atoms with Crippen molar-refractivity contribution in [2.45, 2.75) is 38.0 Å². The Bertz CT molecular complexity index is 607. The first-order valence-corrected chi connectivity index (χ1v) is 8.71. The quantitative estimate of drug-likeness (QED) is 0.691. The molecule has 1 aromatic carbocycles. The van der Waals surface area contributed by atoms with Gasteiger partial charge in [0.05, 0.1) is 5.03 Å². The maximum absolute atomic E-state index is 4.57. The maximum atomic E-state index is 4.57. The molecular weight excluding hydrogens is 342 g/mol. The summed E-state index contributed by atoms with van der Waals surface area (Å²) in [4.78, 5) is 2.14. The molecule has 0 aliphatic heterocycles. The van der Waals surface area contributed by atoms with Crippen molar-refractivity contribution < 1.29 is 0 Å². The molecule has 0 unspecified atom stereocenters. The van der Waals surface area contributed by atoms with Crippen LogP contribution in [0.4, 0.5) is 0 Å². The topological polar surface area (TPSA) is 3.24 Å². The minimum atomic E-state index is 0.0754. The van der Waals surface area contributed by atoms with E-state index in [0.717, 1.165) is 9.50 Å². The Hall–Kier alpha value is -0.670. The summed E-state index contributed by atoms with van der Waals surface area (Å²) in [6, 6.07) is 8.71. The van der Waals surface area contributed by atoms with Gasteiger partial charge in [-0.1, -0.05) is 40.7 Å². The lowest BCUT2D eigenvalue weighted by Crippen LogP contribution is -2.47. The van der Waals surface area contributed by atoms with E-state index in [-0.39, 0.29) is 5.41 Å². The van der Waals surface area contributed by atoms with Crippen molar-refractivity contribution in [1.82, 2.24) is 4.90 Å². The fraction of sp³-hybridized carbons (Fsp3) is 0.444. The molecule has 0 atom stereocenters. The second kappa shape index (κ2) is 5.20. The van der Waals surface area contributed by atoms with E-state index in [9.17, 15) is 0 Å². The molecule has 0 radical (unpaired) electrons. The fourth-order valence-electron chi connectivity index (χ4n) is 3.77. The minimum absolute atomic E-state index is 0.0754. The molecule has 112 valence electrons. The fourth-order valence-corrected chi connectivity index (χ4v) is 4.29. The highest BCUT2D eigenvalue weighted by molar-refractivity contribution is 9.10. The van der Waals surface area contributed by atoms with E-state index < -0.39 is 0 Å². The molecule has 3 rings (SSSR count). The normalized spacial score (nSPS) is 21.8. The van der Waals surface area contributed by atoms with E-state index in [1.165, 1.54) is 36.9 Å². The molecule has 1 spiro atoms. The van der Waals surface area contributed by atoms with Gasteiger partial charge in [0.25, 0.3) is 0 Å². The van der Waals surface area contributed by atoms with Crippen molar-refractivity contribution in [3.05, 3.63) is 57.7 Å². The Morgan fingerprint density at radius 3 is 2.57 bits per heavy atom. The second-order valence-electron chi connectivity index (χ2n) is 6.60. The first kappa shape index (κ1) is 15.2. The number of thiol groups is 1. The first-order chi connectivity index (χ1) is 9.92. The predicted molar refractivity (Wildman–Crippen MR) is 96.4 cm³/mol. The number of hydrogen-bond acceptors (Lipinski definition) is 2. The SMILES string of the molecule is C=C(N(C)/C(S)=C\C)C1(c2cccc(Br)c2)CC2(CC2)C1. The van der Waals surface area contributed by atoms with Gasteiger partial charge in [0, 0.05) is 22.6 Å². The van der Waals surface area contributed by atoms with Gasteiger partial charge in [-0.05, 0) is 55.7 Å². The van der Waals surface area contributed by atoms with Gasteiger partial charge in [-0.3, -0.25) is 0 Å². The Labute approximate surface area is 141 Å². The van der Waals surface area contributed by atoms with Crippen molar-refractivity contribution >= 4 is 28.6 Å². The van der Waals surface area contributed by atoms with E-state index >= 15 is 0 Å². The standard InChI is InChI=1S/C18H22BrNS/c1-4-16(21)20(3)13(2)18(11-17(12-18)8-9-17)14-6-5-7-15(19)10-14/h4-7,10,21H,2,8-9,11-12H2,1,3H3/b16-4+. The van der Waals surface area contributed by atoms with Crippen LogP contribution in [-0.2, 0) is 5.41 Å². The number of benzene rings is 1. The highest BCUT2D eigenvalue weighted by Gasteiger charge is 2.62. The van der Waals surface area contributed by atoms with Crippen molar-refractivity contribution in [1.29, 1.82) is 0 Å². The molecule has 0 heterocycles. The van der Waals surface area contributed by atoms with Gasteiger partial charge in [-0.2, -0.15) is 0 Å². The molecule has 1 aromatic rings. The average Bonchev–Trinajstić information content (AvgIpc) is 3.23. The molecular formula is C18H22BrNS. The number of likely N-dealkylation sites (N-methyl/N-ethyl adjacent to an activating group) is 1. The molecule has 2 aliphatic carbocycles. The molecule has 21 heavy (non-hydrogen) atoms. The smallest absolute Gasteiger partial charge is 0.0672 e. The zero-order valence-corrected chi connectivity index (χ0v) is 15.2. The van der Waals surface area contributed by atoms with Crippen molar-refractivity contribution in [3.8, 4) is 0 Å². The van der Waals surface area contributed by atoms with Crippen LogP contribution in [-0.4, -0.2) is 11.9 Å². The molecule has 0 bridgehead atoms. The number of allylic oxidation sites excluding steroid dienone is 2. The number of rotatable bonds is 4. The summed E-state index contributed by atoms with van der Waals surface area (Å²) in [6.07, 6.45) is 7.25. The van der Waals surface area contributed by atoms with Crippen LogP contribution in [0.5, 0.6) is 0 Å². The van der Waals surface area contributed by atoms with Crippen LogP contribution in [0.15, 0.2) is 52.1 Å². The third-order valence-electron chi connectivity index (χ3n) is 5.25. The highest BCUT2D eigenvalue weighted by Crippen LogP contribution is 2.71. The van der Waals surface area contributed by atoms with Crippen LogP contribution < -0.4 is 0 Å². The van der Waals surface area contributed by atoms with Gasteiger partial charge in [0.1, 0.15) is 0 Å². The zero-order valence-electron chi connectivity index (χ0n) is 12.7. The first-order valence-electron chi connectivity index (χ1n) is 7.47. The summed E-state index contributed by atoms with van der Waals surface area (Å²) in [5.41, 5.74) is 3.23. The summed E-state index contributed by atoms with van der Waals surface area (Å²) in [6.45, 7) is 6.45. The lowest BCUT2D eigenvalue weighted by atomic mass is 9.55.